The molecular formula is C19H16N4O6S2. The molecule has 0 aliphatic carbocycles. The monoisotopic (exact) mass is 460 g/mol. The van der Waals surface area contributed by atoms with Crippen molar-refractivity contribution in [3.05, 3.63) is 81.7 Å². The number of anilines is 1. The molecule has 2 amide bonds. The van der Waals surface area contributed by atoms with Gasteiger partial charge in [-0.25, -0.2) is 0 Å². The van der Waals surface area contributed by atoms with Gasteiger partial charge in [-0.15, -0.1) is 22.7 Å². The van der Waals surface area contributed by atoms with E-state index in [4.69, 9.17) is 0 Å². The topological polar surface area (TPSA) is 144 Å². The average Bonchev–Trinajstić information content (AvgIpc) is 3.29. The fourth-order valence-corrected chi connectivity index (χ4v) is 4.54. The largest absolute Gasteiger partial charge is 0.347 e. The molecule has 0 radical (unpaired) electrons. The number of hydrogen-bond acceptors (Lipinski definition) is 8. The maximum Gasteiger partial charge on any atom is 0.283 e. The predicted octanol–water partition coefficient (Wildman–Crippen LogP) is 4.43. The Labute approximate surface area is 183 Å². The minimum Gasteiger partial charge on any atom is -0.347 e. The third-order valence-electron chi connectivity index (χ3n) is 4.26. The van der Waals surface area contributed by atoms with Gasteiger partial charge in [0.2, 0.25) is 0 Å². The first kappa shape index (κ1) is 22.1. The molecule has 2 N–H and O–H groups in total. The van der Waals surface area contributed by atoms with Crippen LogP contribution in [-0.4, -0.2) is 21.7 Å². The number of nitrogens with zero attached hydrogens (tertiary/aromatic N) is 2. The van der Waals surface area contributed by atoms with E-state index in [2.05, 4.69) is 10.6 Å². The Bertz CT molecular complexity index is 1200. The molecule has 0 saturated heterocycles. The molecule has 31 heavy (non-hydrogen) atoms. The van der Waals surface area contributed by atoms with Crippen LogP contribution in [0.25, 0.3) is 0 Å². The number of hydrogen-bond donors (Lipinski definition) is 2. The molecule has 0 unspecified atom stereocenters. The summed E-state index contributed by atoms with van der Waals surface area (Å²) in [4.78, 5) is 46.9. The lowest BCUT2D eigenvalue weighted by Gasteiger charge is -2.07. The van der Waals surface area contributed by atoms with E-state index in [1.54, 1.807) is 38.1 Å². The minimum absolute atomic E-state index is 0.0936. The fraction of sp³-hybridized carbons (Fsp3) is 0.158. The number of benzene rings is 1. The number of thiophene rings is 2. The van der Waals surface area contributed by atoms with Crippen LogP contribution in [0, 0.1) is 34.1 Å². The van der Waals surface area contributed by atoms with Crippen molar-refractivity contribution in [2.75, 3.05) is 5.32 Å². The summed E-state index contributed by atoms with van der Waals surface area (Å²) in [5.74, 6) is -0.902. The molecule has 2 heterocycles. The summed E-state index contributed by atoms with van der Waals surface area (Å²) in [6, 6.07) is 9.24. The van der Waals surface area contributed by atoms with Crippen molar-refractivity contribution < 1.29 is 19.4 Å². The summed E-state index contributed by atoms with van der Waals surface area (Å²) in [5, 5.41) is 27.3. The van der Waals surface area contributed by atoms with E-state index >= 15 is 0 Å². The van der Waals surface area contributed by atoms with E-state index in [1.807, 2.05) is 0 Å². The Morgan fingerprint density at radius 3 is 1.97 bits per heavy atom. The third kappa shape index (κ3) is 5.10. The van der Waals surface area contributed by atoms with E-state index in [0.29, 0.717) is 21.0 Å². The number of carbonyl (C=O) groups is 2. The second-order valence-corrected chi connectivity index (χ2v) is 8.97. The first-order chi connectivity index (χ1) is 14.7. The summed E-state index contributed by atoms with van der Waals surface area (Å²) in [5.41, 5.74) is 0.968. The number of rotatable bonds is 7. The molecule has 0 saturated carbocycles. The smallest absolute Gasteiger partial charge is 0.283 e. The van der Waals surface area contributed by atoms with Gasteiger partial charge in [-0.3, -0.25) is 29.8 Å². The lowest BCUT2D eigenvalue weighted by molar-refractivity contribution is -0.385. The highest BCUT2D eigenvalue weighted by Gasteiger charge is 2.20. The summed E-state index contributed by atoms with van der Waals surface area (Å²) >= 11 is 2.08. The molecule has 0 atom stereocenters. The predicted molar refractivity (Wildman–Crippen MR) is 117 cm³/mol. The van der Waals surface area contributed by atoms with Crippen molar-refractivity contribution in [2.24, 2.45) is 0 Å². The summed E-state index contributed by atoms with van der Waals surface area (Å²) in [7, 11) is 0. The van der Waals surface area contributed by atoms with Crippen LogP contribution >= 0.6 is 22.7 Å². The van der Waals surface area contributed by atoms with Crippen LogP contribution in [0.15, 0.2) is 36.4 Å². The van der Waals surface area contributed by atoms with Crippen molar-refractivity contribution in [3.63, 3.8) is 0 Å². The third-order valence-corrected chi connectivity index (χ3v) is 6.34. The molecule has 0 aliphatic rings. The van der Waals surface area contributed by atoms with Gasteiger partial charge < -0.3 is 10.6 Å². The van der Waals surface area contributed by atoms with Gasteiger partial charge in [-0.1, -0.05) is 12.1 Å². The van der Waals surface area contributed by atoms with Gasteiger partial charge in [0.05, 0.1) is 29.4 Å². The molecule has 160 valence electrons. The fourth-order valence-electron chi connectivity index (χ4n) is 2.75. The molecule has 12 heteroatoms. The van der Waals surface area contributed by atoms with Crippen molar-refractivity contribution >= 4 is 51.6 Å². The lowest BCUT2D eigenvalue weighted by atomic mass is 10.2. The first-order valence-electron chi connectivity index (χ1n) is 8.84. The number of nitro groups is 2. The van der Waals surface area contributed by atoms with Crippen molar-refractivity contribution in [1.29, 1.82) is 0 Å². The zero-order valence-corrected chi connectivity index (χ0v) is 18.0. The normalized spacial score (nSPS) is 10.5. The van der Waals surface area contributed by atoms with E-state index < -0.39 is 21.7 Å². The highest BCUT2D eigenvalue weighted by Crippen LogP contribution is 2.29. The van der Waals surface area contributed by atoms with E-state index in [9.17, 15) is 29.8 Å². The second-order valence-electron chi connectivity index (χ2n) is 6.46. The molecule has 0 bridgehead atoms. The molecule has 2 aromatic heterocycles. The molecular weight excluding hydrogens is 444 g/mol. The minimum atomic E-state index is -0.532. The van der Waals surface area contributed by atoms with Gasteiger partial charge in [0, 0.05) is 24.4 Å². The summed E-state index contributed by atoms with van der Waals surface area (Å²) < 4.78 is 0. The lowest BCUT2D eigenvalue weighted by Crippen LogP contribution is -2.22. The Morgan fingerprint density at radius 1 is 0.903 bits per heavy atom. The SMILES string of the molecule is Cc1sc(C(=O)NCc2cccc(NC(=O)c3cc([N+](=O)[O-])c(C)s3)c2)cc1[N+](=O)[O-]. The number of aryl methyl sites for hydroxylation is 2. The van der Waals surface area contributed by atoms with Gasteiger partial charge in [0.25, 0.3) is 23.2 Å². The van der Waals surface area contributed by atoms with Crippen molar-refractivity contribution in [3.8, 4) is 0 Å². The summed E-state index contributed by atoms with van der Waals surface area (Å²) in [6.07, 6.45) is 0. The molecule has 0 fully saturated rings. The first-order valence-corrected chi connectivity index (χ1v) is 10.5. The van der Waals surface area contributed by atoms with Gasteiger partial charge in [-0.2, -0.15) is 0 Å². The van der Waals surface area contributed by atoms with Gasteiger partial charge >= 0.3 is 0 Å². The number of amides is 2. The Hall–Kier alpha value is -3.64. The van der Waals surface area contributed by atoms with Crippen LogP contribution in [0.4, 0.5) is 17.1 Å². The van der Waals surface area contributed by atoms with Crippen molar-refractivity contribution in [2.45, 2.75) is 20.4 Å². The molecule has 0 spiro atoms. The Kier molecular flexibility index (Phi) is 6.42. The second kappa shape index (κ2) is 9.02. The van der Waals surface area contributed by atoms with Crippen LogP contribution in [0.1, 0.15) is 34.7 Å². The molecule has 10 nitrogen and oxygen atoms in total. The van der Waals surface area contributed by atoms with Crippen LogP contribution in [-0.2, 0) is 6.54 Å². The van der Waals surface area contributed by atoms with Crippen LogP contribution < -0.4 is 10.6 Å². The number of nitrogens with one attached hydrogen (secondary N) is 2. The van der Waals surface area contributed by atoms with Gasteiger partial charge in [0.1, 0.15) is 0 Å². The van der Waals surface area contributed by atoms with Crippen LogP contribution in [0.2, 0.25) is 0 Å². The Morgan fingerprint density at radius 2 is 1.45 bits per heavy atom. The maximum atomic E-state index is 12.4. The number of carbonyl (C=O) groups excluding carboxylic acids is 2. The highest BCUT2D eigenvalue weighted by atomic mass is 32.1. The summed E-state index contributed by atoms with van der Waals surface area (Å²) in [6.45, 7) is 3.30. The molecule has 0 aliphatic heterocycles. The zero-order chi connectivity index (χ0) is 22.7. The van der Waals surface area contributed by atoms with E-state index in [0.717, 1.165) is 22.7 Å². The van der Waals surface area contributed by atoms with E-state index in [-0.39, 0.29) is 27.7 Å². The zero-order valence-electron chi connectivity index (χ0n) is 16.3. The molecule has 3 aromatic rings. The van der Waals surface area contributed by atoms with Gasteiger partial charge in [-0.05, 0) is 31.5 Å². The van der Waals surface area contributed by atoms with Gasteiger partial charge in [0.15, 0.2) is 0 Å². The maximum absolute atomic E-state index is 12.4. The van der Waals surface area contributed by atoms with Crippen molar-refractivity contribution in [1.82, 2.24) is 5.32 Å². The quantitative estimate of drug-likeness (QED) is 0.394. The molecule has 1 aromatic carbocycles. The molecule has 3 rings (SSSR count). The van der Waals surface area contributed by atoms with E-state index in [1.165, 1.54) is 12.1 Å². The Balaban J connectivity index is 1.65. The standard InChI is InChI=1S/C19H16N4O6S2/c1-10-14(22(26)27)7-16(30-10)18(24)20-9-12-4-3-5-13(6-12)21-19(25)17-8-15(23(28)29)11(2)31-17/h3-8H,9H2,1-2H3,(H,20,24)(H,21,25). The highest BCUT2D eigenvalue weighted by molar-refractivity contribution is 7.14. The average molecular weight is 460 g/mol. The van der Waals surface area contributed by atoms with Crippen LogP contribution in [0.5, 0.6) is 0 Å². The van der Waals surface area contributed by atoms with Crippen LogP contribution in [0.3, 0.4) is 0 Å².